The maximum absolute atomic E-state index is 14.7. The molecular formula is C39H27BrCl2N2O4. The third kappa shape index (κ3) is 4.63. The summed E-state index contributed by atoms with van der Waals surface area (Å²) in [7, 11) is 0. The van der Waals surface area contributed by atoms with Gasteiger partial charge in [-0.2, -0.15) is 0 Å². The van der Waals surface area contributed by atoms with E-state index in [1.165, 1.54) is 0 Å². The van der Waals surface area contributed by atoms with Crippen LogP contribution in [0.2, 0.25) is 0 Å². The first kappa shape index (κ1) is 30.9. The molecule has 1 aliphatic heterocycles. The van der Waals surface area contributed by atoms with E-state index in [1.54, 1.807) is 24.3 Å². The van der Waals surface area contributed by atoms with Gasteiger partial charge < -0.3 is 10.1 Å². The van der Waals surface area contributed by atoms with Gasteiger partial charge in [0, 0.05) is 16.6 Å². The number of anilines is 1. The fourth-order valence-electron chi connectivity index (χ4n) is 7.61. The van der Waals surface area contributed by atoms with Crippen LogP contribution in [0.3, 0.4) is 0 Å². The zero-order valence-corrected chi connectivity index (χ0v) is 28.4. The van der Waals surface area contributed by atoms with E-state index in [1.807, 2.05) is 103 Å². The Hall–Kier alpha value is -4.43. The molecule has 238 valence electrons. The van der Waals surface area contributed by atoms with E-state index in [0.29, 0.717) is 39.4 Å². The lowest BCUT2D eigenvalue weighted by Crippen LogP contribution is -2.57. The number of rotatable bonds is 7. The summed E-state index contributed by atoms with van der Waals surface area (Å²) in [6.07, 6.45) is 0.110. The van der Waals surface area contributed by atoms with Crippen molar-refractivity contribution >= 4 is 62.5 Å². The molecule has 6 nitrogen and oxygen atoms in total. The van der Waals surface area contributed by atoms with Crippen molar-refractivity contribution in [2.24, 2.45) is 11.8 Å². The number of imide groups is 1. The Labute approximate surface area is 295 Å². The van der Waals surface area contributed by atoms with Crippen molar-refractivity contribution in [3.05, 3.63) is 160 Å². The Morgan fingerprint density at radius 2 is 1.12 bits per heavy atom. The molecule has 5 aromatic carbocycles. The van der Waals surface area contributed by atoms with E-state index in [2.05, 4.69) is 21.2 Å². The summed E-state index contributed by atoms with van der Waals surface area (Å²) in [5.41, 5.74) is 4.11. The fourth-order valence-corrected chi connectivity index (χ4v) is 8.97. The van der Waals surface area contributed by atoms with Gasteiger partial charge in [0.15, 0.2) is 0 Å². The minimum Gasteiger partial charge on any atom is -0.457 e. The number of benzene rings is 5. The number of hydrogen-bond donors (Lipinski definition) is 1. The monoisotopic (exact) mass is 736 g/mol. The standard InChI is InChI=1S/C39H27BrCl2N2O4/c40-24-14-18-26(19-15-24)48-27-20-16-25(17-21-27)43-35(45)32(22-23-8-2-1-3-9-23)44-36(46)33-34(37(44)47)39(42)29-11-5-4-10-28(29)38(33,41)30-12-6-7-13-31(30)39/h1-21,32-34H,22H2,(H,43,45)/t32-,33-,34-,38?,39?/m0/s1. The van der Waals surface area contributed by atoms with Gasteiger partial charge in [0.05, 0.1) is 11.8 Å². The van der Waals surface area contributed by atoms with Crippen LogP contribution in [-0.2, 0) is 30.6 Å². The highest BCUT2D eigenvalue weighted by Crippen LogP contribution is 2.69. The van der Waals surface area contributed by atoms with Gasteiger partial charge in [0.2, 0.25) is 17.7 Å². The van der Waals surface area contributed by atoms with E-state index in [9.17, 15) is 14.4 Å². The number of ether oxygens (including phenoxy) is 1. The molecule has 1 heterocycles. The quantitative estimate of drug-likeness (QED) is 0.135. The average molecular weight is 738 g/mol. The van der Waals surface area contributed by atoms with Gasteiger partial charge in [-0.1, -0.05) is 94.8 Å². The fraction of sp³-hybridized carbons (Fsp3) is 0.154. The minimum absolute atomic E-state index is 0.110. The van der Waals surface area contributed by atoms with E-state index in [0.717, 1.165) is 14.9 Å². The Balaban J connectivity index is 1.15. The van der Waals surface area contributed by atoms with Gasteiger partial charge in [-0.25, -0.2) is 0 Å². The van der Waals surface area contributed by atoms with Gasteiger partial charge in [-0.05, 0) is 76.3 Å². The molecule has 1 N–H and O–H groups in total. The molecular weight excluding hydrogens is 711 g/mol. The van der Waals surface area contributed by atoms with Crippen LogP contribution in [0.15, 0.2) is 132 Å². The normalized spacial score (nSPS) is 24.0. The number of hydrogen-bond acceptors (Lipinski definition) is 4. The molecule has 4 aliphatic rings. The molecule has 3 atom stereocenters. The molecule has 2 bridgehead atoms. The minimum atomic E-state index is -1.34. The van der Waals surface area contributed by atoms with Crippen molar-refractivity contribution in [2.45, 2.75) is 22.2 Å². The maximum Gasteiger partial charge on any atom is 0.248 e. The average Bonchev–Trinajstić information content (AvgIpc) is 3.38. The first-order valence-corrected chi connectivity index (χ1v) is 17.1. The van der Waals surface area contributed by atoms with E-state index in [-0.39, 0.29) is 6.42 Å². The highest BCUT2D eigenvalue weighted by atomic mass is 79.9. The lowest BCUT2D eigenvalue weighted by atomic mass is 9.54. The lowest BCUT2D eigenvalue weighted by Gasteiger charge is -2.54. The van der Waals surface area contributed by atoms with Crippen molar-refractivity contribution in [3.63, 3.8) is 0 Å². The molecule has 0 unspecified atom stereocenters. The Bertz CT molecular complexity index is 1970. The summed E-state index contributed by atoms with van der Waals surface area (Å²) in [5, 5.41) is 2.94. The number of alkyl halides is 2. The van der Waals surface area contributed by atoms with Gasteiger partial charge in [-0.3, -0.25) is 19.3 Å². The van der Waals surface area contributed by atoms with Crippen LogP contribution in [0.5, 0.6) is 11.5 Å². The number of nitrogens with zero attached hydrogens (tertiary/aromatic N) is 1. The largest absolute Gasteiger partial charge is 0.457 e. The van der Waals surface area contributed by atoms with Crippen LogP contribution in [0.4, 0.5) is 5.69 Å². The number of likely N-dealkylation sites (tertiary alicyclic amines) is 1. The van der Waals surface area contributed by atoms with Crippen molar-refractivity contribution < 1.29 is 19.1 Å². The lowest BCUT2D eigenvalue weighted by molar-refractivity contribution is -0.146. The second kappa shape index (κ2) is 11.6. The zero-order valence-electron chi connectivity index (χ0n) is 25.3. The maximum atomic E-state index is 14.7. The molecule has 1 fully saturated rings. The predicted octanol–water partition coefficient (Wildman–Crippen LogP) is 8.38. The molecule has 9 heteroatoms. The van der Waals surface area contributed by atoms with Crippen molar-refractivity contribution in [1.82, 2.24) is 4.90 Å². The third-order valence-corrected chi connectivity index (χ3v) is 11.5. The summed E-state index contributed by atoms with van der Waals surface area (Å²) in [4.78, 5) is 42.1. The summed E-state index contributed by atoms with van der Waals surface area (Å²) in [6, 6.07) is 37.5. The van der Waals surface area contributed by atoms with Gasteiger partial charge in [0.1, 0.15) is 27.3 Å². The van der Waals surface area contributed by atoms with Crippen molar-refractivity contribution in [1.29, 1.82) is 0 Å². The van der Waals surface area contributed by atoms with Crippen LogP contribution >= 0.6 is 39.1 Å². The van der Waals surface area contributed by atoms with Crippen LogP contribution in [0, 0.1) is 11.8 Å². The number of nitrogens with one attached hydrogen (secondary N) is 1. The Kier molecular flexibility index (Phi) is 7.47. The highest BCUT2D eigenvalue weighted by molar-refractivity contribution is 9.10. The molecule has 1 saturated heterocycles. The van der Waals surface area contributed by atoms with Crippen LogP contribution in [0.25, 0.3) is 0 Å². The van der Waals surface area contributed by atoms with E-state index >= 15 is 0 Å². The summed E-state index contributed by atoms with van der Waals surface area (Å²) in [6.45, 7) is 0. The Morgan fingerprint density at radius 1 is 0.688 bits per heavy atom. The molecule has 0 radical (unpaired) electrons. The molecule has 48 heavy (non-hydrogen) atoms. The first-order valence-electron chi connectivity index (χ1n) is 15.5. The molecule has 5 aromatic rings. The van der Waals surface area contributed by atoms with Crippen molar-refractivity contribution in [2.75, 3.05) is 5.32 Å². The van der Waals surface area contributed by atoms with E-state index < -0.39 is 45.3 Å². The molecule has 0 spiro atoms. The summed E-state index contributed by atoms with van der Waals surface area (Å²) < 4.78 is 6.87. The molecule has 3 aliphatic carbocycles. The zero-order chi connectivity index (χ0) is 33.2. The van der Waals surface area contributed by atoms with Crippen LogP contribution in [0.1, 0.15) is 27.8 Å². The van der Waals surface area contributed by atoms with Crippen molar-refractivity contribution in [3.8, 4) is 11.5 Å². The second-order valence-corrected chi connectivity index (χ2v) is 14.4. The molecule has 0 aromatic heterocycles. The SMILES string of the molecule is O=C(Nc1ccc(Oc2ccc(Br)cc2)cc1)[C@H](Cc1ccccc1)N1C(=O)[C@@H]2[C@@H](C1=O)C1(Cl)c3ccccc3C2(Cl)c2ccccc21. The predicted molar refractivity (Wildman–Crippen MR) is 188 cm³/mol. The van der Waals surface area contributed by atoms with E-state index in [4.69, 9.17) is 27.9 Å². The van der Waals surface area contributed by atoms with Gasteiger partial charge >= 0.3 is 0 Å². The number of carbonyl (C=O) groups is 3. The molecule has 0 saturated carbocycles. The topological polar surface area (TPSA) is 75.7 Å². The van der Waals surface area contributed by atoms with Gasteiger partial charge in [-0.15, -0.1) is 23.2 Å². The van der Waals surface area contributed by atoms with Crippen LogP contribution in [-0.4, -0.2) is 28.7 Å². The smallest absolute Gasteiger partial charge is 0.248 e. The Morgan fingerprint density at radius 3 is 1.60 bits per heavy atom. The second-order valence-electron chi connectivity index (χ2n) is 12.3. The third-order valence-electron chi connectivity index (χ3n) is 9.68. The highest BCUT2D eigenvalue weighted by Gasteiger charge is 2.73. The molecule has 3 amide bonds. The van der Waals surface area contributed by atoms with Gasteiger partial charge in [0.25, 0.3) is 0 Å². The molecule has 9 rings (SSSR count). The first-order chi connectivity index (χ1) is 23.2. The summed E-state index contributed by atoms with van der Waals surface area (Å²) >= 11 is 18.7. The number of halogens is 3. The number of amides is 3. The summed E-state index contributed by atoms with van der Waals surface area (Å²) in [5.74, 6) is -2.29. The van der Waals surface area contributed by atoms with Crippen LogP contribution < -0.4 is 10.1 Å². The number of carbonyl (C=O) groups excluding carboxylic acids is 3.